The van der Waals surface area contributed by atoms with Crippen LogP contribution in [-0.4, -0.2) is 48.4 Å². The van der Waals surface area contributed by atoms with Gasteiger partial charge in [0.15, 0.2) is 11.5 Å². The highest BCUT2D eigenvalue weighted by molar-refractivity contribution is 6.10. The van der Waals surface area contributed by atoms with Crippen LogP contribution in [-0.2, 0) is 6.42 Å². The molecule has 10 nitrogen and oxygen atoms in total. The number of hydrogen-bond acceptors (Lipinski definition) is 10. The van der Waals surface area contributed by atoms with Crippen LogP contribution in [0.3, 0.4) is 0 Å². The lowest BCUT2D eigenvalue weighted by atomic mass is 10.0. The second-order valence-electron chi connectivity index (χ2n) is 9.43. The zero-order chi connectivity index (χ0) is 28.8. The monoisotopic (exact) mass is 550 g/mol. The van der Waals surface area contributed by atoms with Crippen molar-refractivity contribution in [1.29, 1.82) is 5.26 Å². The first kappa shape index (κ1) is 27.4. The van der Waals surface area contributed by atoms with Gasteiger partial charge in [-0.2, -0.15) is 5.26 Å². The summed E-state index contributed by atoms with van der Waals surface area (Å²) in [5.74, 6) is 2.80. The smallest absolute Gasteiger partial charge is 0.162 e. The van der Waals surface area contributed by atoms with E-state index in [1.165, 1.54) is 0 Å². The first-order valence-corrected chi connectivity index (χ1v) is 13.0. The van der Waals surface area contributed by atoms with Crippen molar-refractivity contribution >= 4 is 27.5 Å². The fourth-order valence-corrected chi connectivity index (χ4v) is 4.45. The summed E-state index contributed by atoms with van der Waals surface area (Å²) >= 11 is 0. The van der Waals surface area contributed by atoms with E-state index < -0.39 is 0 Å². The number of fused-ring (bicyclic) bond motifs is 3. The van der Waals surface area contributed by atoms with E-state index in [4.69, 9.17) is 35.7 Å². The molecule has 208 valence electrons. The molecule has 0 bridgehead atoms. The summed E-state index contributed by atoms with van der Waals surface area (Å²) in [5, 5.41) is 11.2. The first-order chi connectivity index (χ1) is 20.0. The van der Waals surface area contributed by atoms with Gasteiger partial charge in [0.25, 0.3) is 0 Å². The number of aryl methyl sites for hydroxylation is 1. The van der Waals surface area contributed by atoms with Crippen LogP contribution in [0.15, 0.2) is 67.1 Å². The van der Waals surface area contributed by atoms with E-state index in [-0.39, 0.29) is 19.3 Å². The standard InChI is InChI=1S/C31H30N6O4/c1-38-29-12-25-24-11-27(37-31(34)26(24)16-36-28(25)13-30(29)39-2)20-10-23(15-35-14-20)41-18-21(33)17-40-22-7-5-19(6-8-22)4-3-9-32/h5-8,10-16,21H,3-4,17-18,33H2,1-2H3,(H2,34,37)/t21-/m0/s1. The Morgan fingerprint density at radius 2 is 1.59 bits per heavy atom. The van der Waals surface area contributed by atoms with Crippen molar-refractivity contribution in [2.75, 3.05) is 33.2 Å². The summed E-state index contributed by atoms with van der Waals surface area (Å²) in [4.78, 5) is 13.5. The van der Waals surface area contributed by atoms with Crippen LogP contribution in [0.25, 0.3) is 32.9 Å². The number of pyridine rings is 3. The highest BCUT2D eigenvalue weighted by Gasteiger charge is 2.14. The van der Waals surface area contributed by atoms with Gasteiger partial charge in [0.2, 0.25) is 0 Å². The molecule has 5 aromatic rings. The van der Waals surface area contributed by atoms with Crippen molar-refractivity contribution in [3.05, 3.63) is 72.7 Å². The maximum absolute atomic E-state index is 8.73. The number of rotatable bonds is 11. The number of benzene rings is 2. The number of hydrogen-bond donors (Lipinski definition) is 2. The third-order valence-corrected chi connectivity index (χ3v) is 6.60. The highest BCUT2D eigenvalue weighted by Crippen LogP contribution is 2.37. The second-order valence-corrected chi connectivity index (χ2v) is 9.43. The predicted octanol–water partition coefficient (Wildman–Crippen LogP) is 4.69. The van der Waals surface area contributed by atoms with Crippen molar-refractivity contribution in [1.82, 2.24) is 15.0 Å². The lowest BCUT2D eigenvalue weighted by Gasteiger charge is -2.15. The Morgan fingerprint density at radius 1 is 0.854 bits per heavy atom. The number of nitriles is 1. The van der Waals surface area contributed by atoms with Gasteiger partial charge in [0.1, 0.15) is 30.5 Å². The second kappa shape index (κ2) is 12.4. The van der Waals surface area contributed by atoms with Crippen LogP contribution < -0.4 is 30.4 Å². The number of aromatic nitrogens is 3. The number of ether oxygens (including phenoxy) is 4. The molecule has 1 atom stereocenters. The van der Waals surface area contributed by atoms with Crippen molar-refractivity contribution < 1.29 is 18.9 Å². The number of nitrogen functional groups attached to an aromatic ring is 1. The maximum atomic E-state index is 8.73. The average Bonchev–Trinajstić information content (AvgIpc) is 3.01. The zero-order valence-corrected chi connectivity index (χ0v) is 22.8. The van der Waals surface area contributed by atoms with Gasteiger partial charge in [-0.15, -0.1) is 0 Å². The van der Waals surface area contributed by atoms with E-state index >= 15 is 0 Å². The molecule has 0 spiro atoms. The average molecular weight is 551 g/mol. The molecule has 5 rings (SSSR count). The number of anilines is 1. The summed E-state index contributed by atoms with van der Waals surface area (Å²) in [7, 11) is 3.18. The molecule has 4 N–H and O–H groups in total. The largest absolute Gasteiger partial charge is 0.493 e. The zero-order valence-electron chi connectivity index (χ0n) is 22.8. The topological polar surface area (TPSA) is 151 Å². The Labute approximate surface area is 237 Å². The fraction of sp³-hybridized carbons (Fsp3) is 0.226. The summed E-state index contributed by atoms with van der Waals surface area (Å²) in [5.41, 5.74) is 15.8. The molecule has 0 fully saturated rings. The van der Waals surface area contributed by atoms with E-state index in [1.807, 2.05) is 48.5 Å². The first-order valence-electron chi connectivity index (χ1n) is 13.0. The van der Waals surface area contributed by atoms with E-state index in [0.29, 0.717) is 40.9 Å². The SMILES string of the molecule is COc1cc2ncc3c(N)nc(-c4cncc(OC[C@@H](N)COc5ccc(CCC#N)cc5)c4)cc3c2cc1OC. The molecule has 10 heteroatoms. The van der Waals surface area contributed by atoms with Gasteiger partial charge in [-0.3, -0.25) is 9.97 Å². The lowest BCUT2D eigenvalue weighted by molar-refractivity contribution is 0.220. The van der Waals surface area contributed by atoms with Gasteiger partial charge in [-0.1, -0.05) is 12.1 Å². The Balaban J connectivity index is 1.30. The van der Waals surface area contributed by atoms with E-state index in [0.717, 1.165) is 39.2 Å². The predicted molar refractivity (Wildman–Crippen MR) is 157 cm³/mol. The third kappa shape index (κ3) is 6.21. The van der Waals surface area contributed by atoms with Crippen LogP contribution in [0.4, 0.5) is 5.82 Å². The summed E-state index contributed by atoms with van der Waals surface area (Å²) in [6, 6.07) is 17.0. The lowest BCUT2D eigenvalue weighted by Crippen LogP contribution is -2.34. The summed E-state index contributed by atoms with van der Waals surface area (Å²) in [6.45, 7) is 0.513. The maximum Gasteiger partial charge on any atom is 0.162 e. The Kier molecular flexibility index (Phi) is 8.27. The molecule has 0 aliphatic carbocycles. The molecule has 3 heterocycles. The van der Waals surface area contributed by atoms with Crippen molar-refractivity contribution in [3.63, 3.8) is 0 Å². The fourth-order valence-electron chi connectivity index (χ4n) is 4.45. The van der Waals surface area contributed by atoms with Crippen LogP contribution in [0.1, 0.15) is 12.0 Å². The van der Waals surface area contributed by atoms with Gasteiger partial charge in [-0.05, 0) is 47.7 Å². The molecular weight excluding hydrogens is 520 g/mol. The molecule has 0 saturated heterocycles. The minimum absolute atomic E-state index is 0.233. The number of nitrogens with zero attached hydrogens (tertiary/aromatic N) is 4. The Hall–Kier alpha value is -5.14. The van der Waals surface area contributed by atoms with Gasteiger partial charge in [0.05, 0.1) is 43.7 Å². The Bertz CT molecular complexity index is 1720. The summed E-state index contributed by atoms with van der Waals surface area (Å²) in [6.07, 6.45) is 6.24. The van der Waals surface area contributed by atoms with Crippen molar-refractivity contribution in [3.8, 4) is 40.3 Å². The normalized spacial score (nSPS) is 11.7. The quantitative estimate of drug-likeness (QED) is 0.222. The molecule has 0 saturated carbocycles. The van der Waals surface area contributed by atoms with Gasteiger partial charge in [-0.25, -0.2) is 4.98 Å². The Morgan fingerprint density at radius 3 is 2.32 bits per heavy atom. The van der Waals surface area contributed by atoms with Gasteiger partial charge < -0.3 is 30.4 Å². The molecule has 0 radical (unpaired) electrons. The molecule has 0 unspecified atom stereocenters. The van der Waals surface area contributed by atoms with E-state index in [1.54, 1.807) is 32.8 Å². The molecular formula is C31H30N6O4. The highest BCUT2D eigenvalue weighted by atomic mass is 16.5. The van der Waals surface area contributed by atoms with Crippen LogP contribution >= 0.6 is 0 Å². The molecule has 0 aliphatic heterocycles. The van der Waals surface area contributed by atoms with Crippen LogP contribution in [0, 0.1) is 11.3 Å². The number of nitrogens with two attached hydrogens (primary N) is 2. The van der Waals surface area contributed by atoms with E-state index in [9.17, 15) is 0 Å². The van der Waals surface area contributed by atoms with Gasteiger partial charge in [0, 0.05) is 41.2 Å². The van der Waals surface area contributed by atoms with Crippen molar-refractivity contribution in [2.24, 2.45) is 5.73 Å². The van der Waals surface area contributed by atoms with Crippen LogP contribution in [0.2, 0.25) is 0 Å². The summed E-state index contributed by atoms with van der Waals surface area (Å²) < 4.78 is 22.7. The van der Waals surface area contributed by atoms with Gasteiger partial charge >= 0.3 is 0 Å². The number of methoxy groups -OCH3 is 2. The molecule has 0 aliphatic rings. The van der Waals surface area contributed by atoms with E-state index in [2.05, 4.69) is 21.0 Å². The molecule has 2 aromatic carbocycles. The van der Waals surface area contributed by atoms with Crippen molar-refractivity contribution in [2.45, 2.75) is 18.9 Å². The minimum Gasteiger partial charge on any atom is -0.493 e. The van der Waals surface area contributed by atoms with Crippen LogP contribution in [0.5, 0.6) is 23.0 Å². The molecule has 3 aromatic heterocycles. The molecule has 0 amide bonds. The molecule has 41 heavy (non-hydrogen) atoms. The third-order valence-electron chi connectivity index (χ3n) is 6.60. The minimum atomic E-state index is -0.364.